The lowest BCUT2D eigenvalue weighted by atomic mass is 10.0. The molecule has 158 valence electrons. The third-order valence-corrected chi connectivity index (χ3v) is 8.29. The monoisotopic (exact) mass is 438 g/mol. The molecule has 0 N–H and O–H groups in total. The molecule has 2 aliphatic rings. The quantitative estimate of drug-likeness (QED) is 0.649. The number of piperazine rings is 1. The van der Waals surface area contributed by atoms with Gasteiger partial charge in [0.15, 0.2) is 9.84 Å². The number of sulfone groups is 1. The Morgan fingerprint density at radius 1 is 1.28 bits per heavy atom. The second kappa shape index (κ2) is 8.93. The molecule has 1 atom stereocenters. The molecule has 8 nitrogen and oxygen atoms in total. The van der Waals surface area contributed by atoms with Gasteiger partial charge in [0.1, 0.15) is 0 Å². The average Bonchev–Trinajstić information content (AvgIpc) is 3.43. The summed E-state index contributed by atoms with van der Waals surface area (Å²) in [7, 11) is -2.92. The molecule has 0 spiro atoms. The second-order valence-electron chi connectivity index (χ2n) is 7.79. The molecule has 29 heavy (non-hydrogen) atoms. The summed E-state index contributed by atoms with van der Waals surface area (Å²) < 4.78 is 28.5. The van der Waals surface area contributed by atoms with Crippen LogP contribution in [0.2, 0.25) is 0 Å². The molecule has 2 saturated heterocycles. The van der Waals surface area contributed by atoms with E-state index in [0.717, 1.165) is 37.4 Å². The van der Waals surface area contributed by atoms with E-state index in [1.54, 1.807) is 11.3 Å². The molecule has 1 amide bonds. The zero-order valence-corrected chi connectivity index (χ0v) is 18.0. The zero-order valence-electron chi connectivity index (χ0n) is 16.3. The van der Waals surface area contributed by atoms with E-state index < -0.39 is 9.84 Å². The van der Waals surface area contributed by atoms with E-state index in [2.05, 4.69) is 15.0 Å². The Bertz CT molecular complexity index is 918. The summed E-state index contributed by atoms with van der Waals surface area (Å²) in [5.41, 5.74) is 0. The molecule has 0 saturated carbocycles. The summed E-state index contributed by atoms with van der Waals surface area (Å²) >= 11 is 1.59. The summed E-state index contributed by atoms with van der Waals surface area (Å²) in [6, 6.07) is 3.95. The molecule has 0 aliphatic carbocycles. The molecule has 4 rings (SSSR count). The van der Waals surface area contributed by atoms with Crippen molar-refractivity contribution in [1.82, 2.24) is 19.9 Å². The molecule has 1 unspecified atom stereocenters. The van der Waals surface area contributed by atoms with Gasteiger partial charge in [0.05, 0.1) is 16.4 Å². The number of hydrogen-bond acceptors (Lipinski definition) is 8. The lowest BCUT2D eigenvalue weighted by Gasteiger charge is -2.35. The maximum absolute atomic E-state index is 12.5. The molecule has 10 heteroatoms. The molecule has 0 aromatic carbocycles. The van der Waals surface area contributed by atoms with E-state index in [1.165, 1.54) is 0 Å². The highest BCUT2D eigenvalue weighted by molar-refractivity contribution is 7.91. The van der Waals surface area contributed by atoms with Crippen molar-refractivity contribution in [3.05, 3.63) is 23.4 Å². The van der Waals surface area contributed by atoms with Gasteiger partial charge in [-0.15, -0.1) is 11.3 Å². The number of aromatic nitrogens is 2. The summed E-state index contributed by atoms with van der Waals surface area (Å²) in [4.78, 5) is 22.1. The Morgan fingerprint density at radius 3 is 2.79 bits per heavy atom. The van der Waals surface area contributed by atoms with Gasteiger partial charge in [-0.05, 0) is 36.8 Å². The van der Waals surface area contributed by atoms with Crippen LogP contribution in [-0.2, 0) is 21.1 Å². The Balaban J connectivity index is 1.15. The lowest BCUT2D eigenvalue weighted by Crippen LogP contribution is -2.49. The third-order valence-electron chi connectivity index (χ3n) is 5.59. The predicted octanol–water partition coefficient (Wildman–Crippen LogP) is 1.70. The van der Waals surface area contributed by atoms with Crippen molar-refractivity contribution >= 4 is 27.1 Å². The van der Waals surface area contributed by atoms with Crippen molar-refractivity contribution in [2.45, 2.75) is 25.7 Å². The Kier molecular flexibility index (Phi) is 6.31. The number of rotatable bonds is 7. The van der Waals surface area contributed by atoms with Crippen LogP contribution in [-0.4, -0.2) is 78.5 Å². The van der Waals surface area contributed by atoms with Gasteiger partial charge >= 0.3 is 0 Å². The minimum atomic E-state index is -2.92. The van der Waals surface area contributed by atoms with Crippen molar-refractivity contribution in [2.75, 3.05) is 44.2 Å². The topological polar surface area (TPSA) is 96.6 Å². The van der Waals surface area contributed by atoms with Crippen molar-refractivity contribution < 1.29 is 17.7 Å². The number of thiophene rings is 1. The predicted molar refractivity (Wildman–Crippen MR) is 110 cm³/mol. The summed E-state index contributed by atoms with van der Waals surface area (Å²) in [6.45, 7) is 4.04. The number of amides is 1. The molecule has 2 aliphatic heterocycles. The van der Waals surface area contributed by atoms with Gasteiger partial charge in [-0.2, -0.15) is 4.98 Å². The van der Waals surface area contributed by atoms with Gasteiger partial charge in [0.2, 0.25) is 17.6 Å². The average molecular weight is 439 g/mol. The van der Waals surface area contributed by atoms with Gasteiger partial charge in [-0.3, -0.25) is 9.69 Å². The van der Waals surface area contributed by atoms with Gasteiger partial charge in [-0.1, -0.05) is 11.2 Å². The van der Waals surface area contributed by atoms with Crippen LogP contribution in [0.25, 0.3) is 10.7 Å². The fourth-order valence-electron chi connectivity index (χ4n) is 3.95. The minimum Gasteiger partial charge on any atom is -0.340 e. The maximum Gasteiger partial charge on any atom is 0.227 e. The standard InChI is InChI=1S/C19H26N4O4S2/c24-18(13-15-5-12-29(25,26)14-15)23-9-7-22(8-10-23)6-1-4-17-20-19(21-27-17)16-3-2-11-28-16/h2-3,11,15H,1,4-10,12-14H2. The summed E-state index contributed by atoms with van der Waals surface area (Å²) in [6.07, 6.45) is 2.66. The number of nitrogens with zero attached hydrogens (tertiary/aromatic N) is 4. The van der Waals surface area contributed by atoms with E-state index in [9.17, 15) is 13.2 Å². The van der Waals surface area contributed by atoms with Gasteiger partial charge in [-0.25, -0.2) is 8.42 Å². The highest BCUT2D eigenvalue weighted by Crippen LogP contribution is 2.23. The van der Waals surface area contributed by atoms with Crippen LogP contribution in [0.15, 0.2) is 22.0 Å². The van der Waals surface area contributed by atoms with Crippen LogP contribution < -0.4 is 0 Å². The zero-order chi connectivity index (χ0) is 20.3. The largest absolute Gasteiger partial charge is 0.340 e. The van der Waals surface area contributed by atoms with Crippen LogP contribution in [0.4, 0.5) is 0 Å². The van der Waals surface area contributed by atoms with Gasteiger partial charge in [0.25, 0.3) is 0 Å². The normalized spacial score (nSPS) is 22.2. The molecule has 0 bridgehead atoms. The first kappa shape index (κ1) is 20.5. The summed E-state index contributed by atoms with van der Waals surface area (Å²) in [5.74, 6) is 1.81. The van der Waals surface area contributed by atoms with Gasteiger partial charge < -0.3 is 9.42 Å². The lowest BCUT2D eigenvalue weighted by molar-refractivity contribution is -0.133. The highest BCUT2D eigenvalue weighted by atomic mass is 32.2. The first-order chi connectivity index (χ1) is 14.0. The Labute approximate surface area is 174 Å². The van der Waals surface area contributed by atoms with E-state index in [4.69, 9.17) is 4.52 Å². The fraction of sp³-hybridized carbons (Fsp3) is 0.632. The summed E-state index contributed by atoms with van der Waals surface area (Å²) in [5, 5.41) is 6.02. The molecule has 0 radical (unpaired) electrons. The number of hydrogen-bond donors (Lipinski definition) is 0. The fourth-order valence-corrected chi connectivity index (χ4v) is 6.46. The smallest absolute Gasteiger partial charge is 0.227 e. The maximum atomic E-state index is 12.5. The number of aryl methyl sites for hydroxylation is 1. The van der Waals surface area contributed by atoms with Crippen LogP contribution in [0.5, 0.6) is 0 Å². The van der Waals surface area contributed by atoms with Crippen molar-refractivity contribution in [3.63, 3.8) is 0 Å². The molecule has 2 fully saturated rings. The Hall–Kier alpha value is -1.78. The molecule has 4 heterocycles. The highest BCUT2D eigenvalue weighted by Gasteiger charge is 2.31. The van der Waals surface area contributed by atoms with E-state index in [1.807, 2.05) is 22.4 Å². The second-order valence-corrected chi connectivity index (χ2v) is 11.0. The first-order valence-corrected chi connectivity index (χ1v) is 12.8. The van der Waals surface area contributed by atoms with Crippen LogP contribution in [0, 0.1) is 5.92 Å². The van der Waals surface area contributed by atoms with E-state index in [-0.39, 0.29) is 23.3 Å². The third kappa shape index (κ3) is 5.43. The van der Waals surface area contributed by atoms with Crippen LogP contribution in [0.1, 0.15) is 25.2 Å². The SMILES string of the molecule is O=C(CC1CCS(=O)(=O)C1)N1CCN(CCCc2nc(-c3cccs3)no2)CC1. The van der Waals surface area contributed by atoms with Crippen molar-refractivity contribution in [3.8, 4) is 10.7 Å². The molecule has 2 aromatic rings. The van der Waals surface area contributed by atoms with E-state index >= 15 is 0 Å². The minimum absolute atomic E-state index is 0.000923. The Morgan fingerprint density at radius 2 is 2.10 bits per heavy atom. The van der Waals surface area contributed by atoms with E-state index in [0.29, 0.717) is 37.6 Å². The first-order valence-electron chi connectivity index (χ1n) is 10.1. The van der Waals surface area contributed by atoms with Crippen LogP contribution >= 0.6 is 11.3 Å². The van der Waals surface area contributed by atoms with Crippen LogP contribution in [0.3, 0.4) is 0 Å². The van der Waals surface area contributed by atoms with Crippen molar-refractivity contribution in [1.29, 1.82) is 0 Å². The molecule has 2 aromatic heterocycles. The van der Waals surface area contributed by atoms with Crippen molar-refractivity contribution in [2.24, 2.45) is 5.92 Å². The van der Waals surface area contributed by atoms with Gasteiger partial charge in [0, 0.05) is 39.0 Å². The molecular formula is C19H26N4O4S2. The number of carbonyl (C=O) groups excluding carboxylic acids is 1. The number of carbonyl (C=O) groups is 1. The molecular weight excluding hydrogens is 412 g/mol.